The molecule has 66 heavy (non-hydrogen) atoms. The minimum absolute atomic E-state index is 0. The Morgan fingerprint density at radius 1 is 0.742 bits per heavy atom. The normalized spacial score (nSPS) is 10.2. The Morgan fingerprint density at radius 2 is 1.23 bits per heavy atom. The summed E-state index contributed by atoms with van der Waals surface area (Å²) >= 11 is 0. The van der Waals surface area contributed by atoms with E-state index in [-0.39, 0.29) is 58.1 Å². The van der Waals surface area contributed by atoms with Crippen LogP contribution in [0, 0.1) is 25.6 Å². The number of aromatic nitrogens is 1. The van der Waals surface area contributed by atoms with E-state index in [4.69, 9.17) is 50.5 Å². The van der Waals surface area contributed by atoms with Crippen LogP contribution < -0.4 is 39.9 Å². The van der Waals surface area contributed by atoms with Crippen LogP contribution in [0.4, 0.5) is 10.5 Å². The average molecular weight is 1110 g/mol. The topological polar surface area (TPSA) is 311 Å². The van der Waals surface area contributed by atoms with Crippen molar-refractivity contribution >= 4 is 50.6 Å². The van der Waals surface area contributed by atoms with Crippen molar-refractivity contribution in [1.29, 1.82) is 5.41 Å². The minimum atomic E-state index is -1.50. The molecule has 6 aromatic rings. The molecule has 21 heteroatoms. The number of carbonyl (C=O) groups is 1. The summed E-state index contributed by atoms with van der Waals surface area (Å²) in [6.45, 7) is 6.22. The number of hydrogen-bond donors (Lipinski definition) is 6. The Bertz CT molecular complexity index is 2400. The Hall–Kier alpha value is -7.05. The van der Waals surface area contributed by atoms with Gasteiger partial charge in [-0.2, -0.15) is 0 Å². The summed E-state index contributed by atoms with van der Waals surface area (Å²) in [7, 11) is 1.68. The summed E-state index contributed by atoms with van der Waals surface area (Å²) in [6, 6.07) is 41.3. The molecule has 5 aromatic carbocycles. The molecule has 0 saturated heterocycles. The number of halogens is 1. The molecule has 0 aliphatic carbocycles. The van der Waals surface area contributed by atoms with E-state index in [1.807, 2.05) is 95.9 Å². The van der Waals surface area contributed by atoms with Gasteiger partial charge in [0.2, 0.25) is 0 Å². The van der Waals surface area contributed by atoms with Crippen molar-refractivity contribution in [3.05, 3.63) is 164 Å². The number of carbonyl (C=O) groups excluding carboxylic acids is 1. The number of hydrogen-bond acceptors (Lipinski definition) is 13. The number of rotatable bonds is 15. The molecule has 10 N–H and O–H groups in total. The predicted octanol–water partition coefficient (Wildman–Crippen LogP) is 5.32. The molecule has 0 fully saturated rings. The van der Waals surface area contributed by atoms with Crippen molar-refractivity contribution in [3.63, 3.8) is 0 Å². The van der Waals surface area contributed by atoms with Gasteiger partial charge in [0.1, 0.15) is 19.0 Å². The number of pyridine rings is 1. The molecule has 0 bridgehead atoms. The maximum absolute atomic E-state index is 12.8. The number of amides is 1. The van der Waals surface area contributed by atoms with Crippen molar-refractivity contribution in [2.75, 3.05) is 51.8 Å². The van der Waals surface area contributed by atoms with Gasteiger partial charge in [0, 0.05) is 30.9 Å². The van der Waals surface area contributed by atoms with Crippen LogP contribution in [0.15, 0.2) is 127 Å². The molecular formula is C45H54ClN9O10Pt. The van der Waals surface area contributed by atoms with Crippen LogP contribution >= 0.6 is 0 Å². The number of fused-ring (bicyclic) bond motifs is 2. The van der Waals surface area contributed by atoms with Gasteiger partial charge in [-0.15, -0.1) is 26.0 Å². The van der Waals surface area contributed by atoms with Crippen molar-refractivity contribution in [3.8, 4) is 11.5 Å². The number of anilines is 1. The number of likely N-dealkylation sites (N-methyl/N-ethyl adjacent to an activating group) is 1. The minimum Gasteiger partial charge on any atom is -1.00 e. The number of para-hydroxylation sites is 2. The summed E-state index contributed by atoms with van der Waals surface area (Å²) < 4.78 is 11.6. The fourth-order valence-electron chi connectivity index (χ4n) is 6.56. The molecule has 0 saturated carbocycles. The zero-order chi connectivity index (χ0) is 45.0. The number of allylic oxidation sites excluding steroid dienone is 1. The molecule has 0 atom stereocenters. The number of ether oxygens (including phenoxy) is 2. The summed E-state index contributed by atoms with van der Waals surface area (Å²) in [4.78, 5) is 37.7. The van der Waals surface area contributed by atoms with Crippen LogP contribution in [0.2, 0.25) is 0 Å². The van der Waals surface area contributed by atoms with Crippen LogP contribution in [-0.4, -0.2) is 93.7 Å². The molecule has 19 nitrogen and oxygen atoms in total. The second-order valence-corrected chi connectivity index (χ2v) is 13.5. The monoisotopic (exact) mass is 1110 g/mol. The molecule has 0 unspecified atom stereocenters. The van der Waals surface area contributed by atoms with E-state index in [0.717, 1.165) is 56.2 Å². The molecule has 1 heterocycles. The maximum atomic E-state index is 12.8. The van der Waals surface area contributed by atoms with Crippen molar-refractivity contribution in [2.24, 2.45) is 0 Å². The fraction of sp³-hybridized carbons (Fsp3) is 0.222. The summed E-state index contributed by atoms with van der Waals surface area (Å²) in [5, 5.41) is 53.1. The van der Waals surface area contributed by atoms with Crippen LogP contribution in [0.5, 0.6) is 11.5 Å². The molecular weight excluding hydrogens is 1060 g/mol. The SMILES string of the molecule is CC/C(=C(\c1ccc([O-])cc1)c1ccc(OCCN(C)C(=O)OCCN(CCNc2c3ccccc3nc3ccccc23)C(C)=N)cc1)c1ccccc1.N.N.O=[N+]([O-])O.O=[N+]([O-])O.[Cl-].[Pt+2]. The van der Waals surface area contributed by atoms with Crippen molar-refractivity contribution < 1.29 is 73.4 Å². The van der Waals surface area contributed by atoms with Crippen LogP contribution in [0.25, 0.3) is 33.0 Å². The quantitative estimate of drug-likeness (QED) is 0.0189. The summed E-state index contributed by atoms with van der Waals surface area (Å²) in [5.74, 6) is 1.07. The van der Waals surface area contributed by atoms with Gasteiger partial charge in [-0.1, -0.05) is 110 Å². The third-order valence-electron chi connectivity index (χ3n) is 9.40. The summed E-state index contributed by atoms with van der Waals surface area (Å²) in [6.07, 6.45) is 0.369. The van der Waals surface area contributed by atoms with Crippen LogP contribution in [0.3, 0.4) is 0 Å². The first-order valence-corrected chi connectivity index (χ1v) is 19.4. The second kappa shape index (κ2) is 30.2. The van der Waals surface area contributed by atoms with E-state index >= 15 is 0 Å². The molecule has 0 radical (unpaired) electrons. The van der Waals surface area contributed by atoms with E-state index < -0.39 is 16.3 Å². The number of nitrogens with one attached hydrogen (secondary N) is 2. The number of benzene rings is 5. The molecule has 6 rings (SSSR count). The fourth-order valence-corrected chi connectivity index (χ4v) is 6.56. The second-order valence-electron chi connectivity index (χ2n) is 13.5. The van der Waals surface area contributed by atoms with Gasteiger partial charge in [0.15, 0.2) is 0 Å². The molecule has 356 valence electrons. The third kappa shape index (κ3) is 18.2. The summed E-state index contributed by atoms with van der Waals surface area (Å²) in [5.41, 5.74) is 8.26. The van der Waals surface area contributed by atoms with E-state index in [1.165, 1.54) is 10.5 Å². The van der Waals surface area contributed by atoms with Crippen molar-refractivity contribution in [1.82, 2.24) is 27.1 Å². The average Bonchev–Trinajstić information content (AvgIpc) is 3.25. The molecule has 1 aromatic heterocycles. The van der Waals surface area contributed by atoms with Crippen LogP contribution in [-0.2, 0) is 25.8 Å². The standard InChI is InChI=1S/C45H47N5O4.ClH.2HNO3.2H3N.Pt/c1-4-38(33-12-6-5-7-13-33)43(34-18-22-36(51)23-19-34)35-20-24-37(25-21-35)53-30-28-49(3)45(52)54-31-29-50(32(2)46)27-26-47-44-39-14-8-10-16-41(39)48-42-17-11-9-15-40(42)44;;2*2-1(3)4;;;/h5-25,46,51H,4,26-31H2,1-3H3,(H,47,48);1H;2*(H,2,3,4);2*1H3;/q;;;;;;+2/p-2/b43-38-,46-32?;;;;;;. The van der Waals surface area contributed by atoms with Gasteiger partial charge in [0.05, 0.1) is 35.6 Å². The largest absolute Gasteiger partial charge is 2.00 e. The van der Waals surface area contributed by atoms with Gasteiger partial charge < -0.3 is 64.8 Å². The van der Waals surface area contributed by atoms with Gasteiger partial charge in [-0.05, 0) is 65.4 Å². The Labute approximate surface area is 402 Å². The van der Waals surface area contributed by atoms with E-state index in [2.05, 4.69) is 36.5 Å². The van der Waals surface area contributed by atoms with E-state index in [0.29, 0.717) is 44.4 Å². The van der Waals surface area contributed by atoms with Crippen LogP contribution in [0.1, 0.15) is 37.0 Å². The number of amidine groups is 1. The molecule has 0 aliphatic heterocycles. The first-order chi connectivity index (χ1) is 29.8. The maximum Gasteiger partial charge on any atom is 2.00 e. The van der Waals surface area contributed by atoms with Gasteiger partial charge in [-0.25, -0.2) is 9.78 Å². The van der Waals surface area contributed by atoms with Crippen molar-refractivity contribution in [2.45, 2.75) is 20.3 Å². The van der Waals surface area contributed by atoms with Gasteiger partial charge in [-0.3, -0.25) is 5.41 Å². The predicted molar refractivity (Wildman–Crippen MR) is 245 cm³/mol. The number of nitrogens with zero attached hydrogens (tertiary/aromatic N) is 5. The Morgan fingerprint density at radius 3 is 1.73 bits per heavy atom. The van der Waals surface area contributed by atoms with Gasteiger partial charge in [0.25, 0.3) is 10.2 Å². The van der Waals surface area contributed by atoms with Gasteiger partial charge >= 0.3 is 27.2 Å². The zero-order valence-corrected chi connectivity index (χ0v) is 39.6. The Balaban J connectivity index is 0.00000326. The third-order valence-corrected chi connectivity index (χ3v) is 9.40. The first-order valence-electron chi connectivity index (χ1n) is 19.4. The zero-order valence-electron chi connectivity index (χ0n) is 36.6. The molecule has 1 amide bonds. The van der Waals surface area contributed by atoms with E-state index in [1.54, 1.807) is 26.1 Å². The Kier molecular flexibility index (Phi) is 26.9. The smallest absolute Gasteiger partial charge is 1.00 e. The molecule has 0 aliphatic rings. The molecule has 0 spiro atoms. The first kappa shape index (κ1) is 58.9. The van der Waals surface area contributed by atoms with E-state index in [9.17, 15) is 9.90 Å².